The molecule has 0 aromatic carbocycles. The van der Waals surface area contributed by atoms with Crippen LogP contribution >= 0.6 is 0 Å². The van der Waals surface area contributed by atoms with Crippen molar-refractivity contribution in [3.8, 4) is 0 Å². The van der Waals surface area contributed by atoms with Crippen LogP contribution in [0.3, 0.4) is 0 Å². The van der Waals surface area contributed by atoms with Crippen molar-refractivity contribution >= 4 is 5.78 Å². The van der Waals surface area contributed by atoms with Gasteiger partial charge in [0, 0.05) is 11.3 Å². The molecular formula is C8H13NO4. The molecule has 0 spiro atoms. The van der Waals surface area contributed by atoms with Crippen molar-refractivity contribution in [1.29, 1.82) is 0 Å². The van der Waals surface area contributed by atoms with Crippen LogP contribution in [-0.2, 0) is 4.79 Å². The number of Topliss-reactive ketones (excluding diaryl/α,β-unsaturated/α-hetero) is 1. The average molecular weight is 187 g/mol. The Labute approximate surface area is 75.9 Å². The molecule has 0 amide bonds. The minimum atomic E-state index is -1.72. The van der Waals surface area contributed by atoms with E-state index in [0.29, 0.717) is 19.3 Å². The van der Waals surface area contributed by atoms with Crippen molar-refractivity contribution in [2.24, 2.45) is 0 Å². The molecule has 1 fully saturated rings. The van der Waals surface area contributed by atoms with Gasteiger partial charge in [-0.2, -0.15) is 0 Å². The lowest BCUT2D eigenvalue weighted by molar-refractivity contribution is -0.544. The summed E-state index contributed by atoms with van der Waals surface area (Å²) in [7, 11) is 0. The smallest absolute Gasteiger partial charge is 0.248 e. The molecule has 1 rings (SSSR count). The number of rotatable bonds is 2. The average Bonchev–Trinajstić information content (AvgIpc) is 2.04. The first-order valence-electron chi connectivity index (χ1n) is 4.35. The van der Waals surface area contributed by atoms with E-state index >= 15 is 0 Å². The first-order chi connectivity index (χ1) is 5.98. The van der Waals surface area contributed by atoms with Gasteiger partial charge in [0.15, 0.2) is 11.4 Å². The molecule has 5 nitrogen and oxygen atoms in total. The van der Waals surface area contributed by atoms with Gasteiger partial charge in [-0.1, -0.05) is 0 Å². The fourth-order valence-corrected chi connectivity index (χ4v) is 1.83. The number of nitrogens with zero attached hydrogens (tertiary/aromatic N) is 1. The van der Waals surface area contributed by atoms with E-state index in [2.05, 4.69) is 0 Å². The highest BCUT2D eigenvalue weighted by atomic mass is 16.6. The summed E-state index contributed by atoms with van der Waals surface area (Å²) in [6.07, 6.45) is 1.90. The van der Waals surface area contributed by atoms with Crippen molar-refractivity contribution in [2.75, 3.05) is 0 Å². The van der Waals surface area contributed by atoms with E-state index in [1.165, 1.54) is 6.92 Å². The van der Waals surface area contributed by atoms with Gasteiger partial charge < -0.3 is 5.11 Å². The van der Waals surface area contributed by atoms with Crippen molar-refractivity contribution in [1.82, 2.24) is 0 Å². The molecule has 1 aliphatic carbocycles. The fraction of sp³-hybridized carbons (Fsp3) is 0.875. The number of aliphatic hydroxyl groups is 1. The monoisotopic (exact) mass is 187 g/mol. The lowest BCUT2D eigenvalue weighted by Gasteiger charge is -2.31. The second kappa shape index (κ2) is 3.41. The predicted molar refractivity (Wildman–Crippen MR) is 44.9 cm³/mol. The van der Waals surface area contributed by atoms with Crippen molar-refractivity contribution in [2.45, 2.75) is 44.2 Å². The van der Waals surface area contributed by atoms with Crippen molar-refractivity contribution in [3.05, 3.63) is 10.1 Å². The summed E-state index contributed by atoms with van der Waals surface area (Å²) < 4.78 is 0. The Balaban J connectivity index is 2.89. The van der Waals surface area contributed by atoms with Gasteiger partial charge in [0.25, 0.3) is 0 Å². The first-order valence-corrected chi connectivity index (χ1v) is 4.35. The molecular weight excluding hydrogens is 174 g/mol. The fourth-order valence-electron chi connectivity index (χ4n) is 1.83. The van der Waals surface area contributed by atoms with E-state index in [0.717, 1.165) is 0 Å². The molecule has 2 unspecified atom stereocenters. The zero-order valence-corrected chi connectivity index (χ0v) is 7.52. The van der Waals surface area contributed by atoms with Crippen LogP contribution in [-0.4, -0.2) is 27.5 Å². The third-order valence-corrected chi connectivity index (χ3v) is 2.70. The van der Waals surface area contributed by atoms with E-state index in [-0.39, 0.29) is 6.42 Å². The van der Waals surface area contributed by atoms with Gasteiger partial charge in [0.2, 0.25) is 6.04 Å². The lowest BCUT2D eigenvalue weighted by atomic mass is 9.78. The molecule has 13 heavy (non-hydrogen) atoms. The van der Waals surface area contributed by atoms with Gasteiger partial charge in [-0.3, -0.25) is 14.9 Å². The summed E-state index contributed by atoms with van der Waals surface area (Å²) in [4.78, 5) is 21.1. The Morgan fingerprint density at radius 2 is 2.23 bits per heavy atom. The maximum atomic E-state index is 11.1. The van der Waals surface area contributed by atoms with Gasteiger partial charge in [-0.25, -0.2) is 0 Å². The number of carbonyl (C=O) groups is 1. The lowest BCUT2D eigenvalue weighted by Crippen LogP contribution is -2.54. The second-order valence-corrected chi connectivity index (χ2v) is 3.53. The number of hydrogen-bond acceptors (Lipinski definition) is 4. The quantitative estimate of drug-likeness (QED) is 0.505. The van der Waals surface area contributed by atoms with Crippen LogP contribution in [0.4, 0.5) is 0 Å². The Bertz CT molecular complexity index is 240. The molecule has 0 aromatic rings. The van der Waals surface area contributed by atoms with E-state index in [4.69, 9.17) is 0 Å². The minimum Gasteiger partial charge on any atom is -0.376 e. The maximum absolute atomic E-state index is 11.1. The number of nitro groups is 1. The van der Waals surface area contributed by atoms with Gasteiger partial charge in [-0.05, 0) is 26.2 Å². The van der Waals surface area contributed by atoms with E-state index in [9.17, 15) is 20.0 Å². The molecule has 0 saturated heterocycles. The van der Waals surface area contributed by atoms with Crippen LogP contribution in [0, 0.1) is 10.1 Å². The zero-order chi connectivity index (χ0) is 10.1. The summed E-state index contributed by atoms with van der Waals surface area (Å²) in [5.41, 5.74) is -1.72. The zero-order valence-electron chi connectivity index (χ0n) is 7.52. The highest BCUT2D eigenvalue weighted by Gasteiger charge is 2.50. The first kappa shape index (κ1) is 10.1. The molecule has 1 N–H and O–H groups in total. The van der Waals surface area contributed by atoms with E-state index < -0.39 is 22.3 Å². The SMILES string of the molecule is CC(=O)C1(O)CCCCC1[N+](=O)[O-]. The number of carbonyl (C=O) groups excluding carboxylic acids is 1. The summed E-state index contributed by atoms with van der Waals surface area (Å²) in [6.45, 7) is 1.21. The van der Waals surface area contributed by atoms with Gasteiger partial charge >= 0.3 is 0 Å². The largest absolute Gasteiger partial charge is 0.376 e. The maximum Gasteiger partial charge on any atom is 0.248 e. The van der Waals surface area contributed by atoms with Crippen LogP contribution in [0.5, 0.6) is 0 Å². The van der Waals surface area contributed by atoms with Crippen LogP contribution in [0.2, 0.25) is 0 Å². The van der Waals surface area contributed by atoms with Crippen molar-refractivity contribution < 1.29 is 14.8 Å². The predicted octanol–water partition coefficient (Wildman–Crippen LogP) is 0.526. The van der Waals surface area contributed by atoms with Crippen molar-refractivity contribution in [3.63, 3.8) is 0 Å². The summed E-state index contributed by atoms with van der Waals surface area (Å²) in [6, 6.07) is -1.11. The Hall–Kier alpha value is -0.970. The van der Waals surface area contributed by atoms with Gasteiger partial charge in [0.1, 0.15) is 0 Å². The molecule has 74 valence electrons. The Morgan fingerprint density at radius 3 is 2.62 bits per heavy atom. The number of ketones is 1. The summed E-state index contributed by atoms with van der Waals surface area (Å²) in [5.74, 6) is -0.492. The Kier molecular flexibility index (Phi) is 2.66. The second-order valence-electron chi connectivity index (χ2n) is 3.53. The van der Waals surface area contributed by atoms with Gasteiger partial charge in [-0.15, -0.1) is 0 Å². The topological polar surface area (TPSA) is 80.4 Å². The molecule has 0 aliphatic heterocycles. The molecule has 0 heterocycles. The number of hydrogen-bond donors (Lipinski definition) is 1. The van der Waals surface area contributed by atoms with Crippen LogP contribution in [0.15, 0.2) is 0 Å². The highest BCUT2D eigenvalue weighted by Crippen LogP contribution is 2.30. The molecule has 2 atom stereocenters. The molecule has 5 heteroatoms. The molecule has 1 aliphatic rings. The standard InChI is InChI=1S/C8H13NO4/c1-6(10)8(11)5-3-2-4-7(8)9(12)13/h7,11H,2-5H2,1H3. The summed E-state index contributed by atoms with van der Waals surface area (Å²) in [5, 5.41) is 20.4. The molecule has 1 saturated carbocycles. The molecule has 0 bridgehead atoms. The highest BCUT2D eigenvalue weighted by molar-refractivity contribution is 5.85. The summed E-state index contributed by atoms with van der Waals surface area (Å²) >= 11 is 0. The molecule has 0 aromatic heterocycles. The van der Waals surface area contributed by atoms with E-state index in [1.807, 2.05) is 0 Å². The Morgan fingerprint density at radius 1 is 1.62 bits per heavy atom. The normalized spacial score (nSPS) is 34.2. The van der Waals surface area contributed by atoms with Gasteiger partial charge in [0.05, 0.1) is 0 Å². The molecule has 0 radical (unpaired) electrons. The third kappa shape index (κ3) is 1.70. The van der Waals surface area contributed by atoms with E-state index in [1.54, 1.807) is 0 Å². The third-order valence-electron chi connectivity index (χ3n) is 2.70. The van der Waals surface area contributed by atoms with Crippen LogP contribution < -0.4 is 0 Å². The van der Waals surface area contributed by atoms with Crippen LogP contribution in [0.25, 0.3) is 0 Å². The van der Waals surface area contributed by atoms with Crippen LogP contribution in [0.1, 0.15) is 32.6 Å². The minimum absolute atomic E-state index is 0.216.